The Morgan fingerprint density at radius 2 is 1.52 bits per heavy atom. The van der Waals surface area contributed by atoms with Gasteiger partial charge in [0.05, 0.1) is 31.4 Å². The highest BCUT2D eigenvalue weighted by molar-refractivity contribution is 9.10. The quantitative estimate of drug-likeness (QED) is 0.154. The molecule has 1 atom stereocenters. The molecule has 0 radical (unpaired) electrons. The number of hydrogen-bond donors (Lipinski definition) is 1. The standard InChI is InChI=1S/C36H40BrN3O7S/c1-5-38-36(42)32(22-26-11-8-7-9-12-26)39(24-27-13-10-14-28(37)21-27)35(41)25-40(29-15-17-30(18-16-29)47-6-2)48(43,44)31-19-20-33(45-3)34(23-31)46-4/h7-21,23,32H,5-6,22,24-25H2,1-4H3,(H,38,42). The second kappa shape index (κ2) is 17.0. The van der Waals surface area contributed by atoms with Crippen LogP contribution in [-0.2, 0) is 32.6 Å². The third-order valence-electron chi connectivity index (χ3n) is 7.52. The topological polar surface area (TPSA) is 114 Å². The van der Waals surface area contributed by atoms with Crippen molar-refractivity contribution in [1.82, 2.24) is 10.2 Å². The number of amides is 2. The van der Waals surface area contributed by atoms with Crippen LogP contribution in [0.15, 0.2) is 106 Å². The van der Waals surface area contributed by atoms with Crippen LogP contribution in [0.1, 0.15) is 25.0 Å². The van der Waals surface area contributed by atoms with Crippen LogP contribution in [0.2, 0.25) is 0 Å². The van der Waals surface area contributed by atoms with Gasteiger partial charge in [0.2, 0.25) is 11.8 Å². The zero-order chi connectivity index (χ0) is 34.7. The molecule has 4 aromatic carbocycles. The van der Waals surface area contributed by atoms with E-state index in [1.807, 2.05) is 61.5 Å². The first-order chi connectivity index (χ1) is 23.1. The van der Waals surface area contributed by atoms with Gasteiger partial charge in [0, 0.05) is 30.0 Å². The summed E-state index contributed by atoms with van der Waals surface area (Å²) >= 11 is 3.50. The molecule has 2 amide bonds. The van der Waals surface area contributed by atoms with Crippen molar-refractivity contribution in [3.8, 4) is 17.2 Å². The number of hydrogen-bond acceptors (Lipinski definition) is 7. The number of sulfonamides is 1. The highest BCUT2D eigenvalue weighted by Crippen LogP contribution is 2.33. The summed E-state index contributed by atoms with van der Waals surface area (Å²) in [5, 5.41) is 2.87. The molecule has 0 spiro atoms. The van der Waals surface area contributed by atoms with Crippen LogP contribution in [0.25, 0.3) is 0 Å². The molecule has 0 bridgehead atoms. The molecule has 0 aliphatic rings. The third kappa shape index (κ3) is 9.07. The van der Waals surface area contributed by atoms with Gasteiger partial charge in [0.15, 0.2) is 11.5 Å². The van der Waals surface area contributed by atoms with Gasteiger partial charge in [-0.15, -0.1) is 0 Å². The van der Waals surface area contributed by atoms with Crippen molar-refractivity contribution < 1.29 is 32.2 Å². The maximum atomic E-state index is 14.6. The fourth-order valence-corrected chi connectivity index (χ4v) is 7.06. The Hall–Kier alpha value is -4.55. The summed E-state index contributed by atoms with van der Waals surface area (Å²) in [7, 11) is -1.49. The first kappa shape index (κ1) is 36.3. The van der Waals surface area contributed by atoms with Gasteiger partial charge >= 0.3 is 0 Å². The minimum atomic E-state index is -4.36. The third-order valence-corrected chi connectivity index (χ3v) is 9.78. The fraction of sp³-hybridized carbons (Fsp3) is 0.278. The predicted octanol–water partition coefficient (Wildman–Crippen LogP) is 5.84. The van der Waals surface area contributed by atoms with Gasteiger partial charge in [0.1, 0.15) is 18.3 Å². The molecule has 254 valence electrons. The molecule has 0 aliphatic carbocycles. The first-order valence-corrected chi connectivity index (χ1v) is 17.7. The van der Waals surface area contributed by atoms with Gasteiger partial charge in [-0.3, -0.25) is 13.9 Å². The molecule has 4 aromatic rings. The number of carbonyl (C=O) groups is 2. The fourth-order valence-electron chi connectivity index (χ4n) is 5.19. The van der Waals surface area contributed by atoms with Crippen molar-refractivity contribution >= 4 is 43.5 Å². The Labute approximate surface area is 290 Å². The number of rotatable bonds is 16. The molecule has 1 N–H and O–H groups in total. The normalized spacial score (nSPS) is 11.7. The van der Waals surface area contributed by atoms with Crippen molar-refractivity contribution in [1.29, 1.82) is 0 Å². The Balaban J connectivity index is 1.82. The van der Waals surface area contributed by atoms with Crippen LogP contribution in [0, 0.1) is 0 Å². The van der Waals surface area contributed by atoms with E-state index in [9.17, 15) is 18.0 Å². The summed E-state index contributed by atoms with van der Waals surface area (Å²) in [6, 6.07) is 26.6. The predicted molar refractivity (Wildman–Crippen MR) is 189 cm³/mol. The minimum Gasteiger partial charge on any atom is -0.494 e. The Morgan fingerprint density at radius 3 is 2.15 bits per heavy atom. The molecule has 0 aromatic heterocycles. The van der Waals surface area contributed by atoms with Crippen molar-refractivity contribution in [3.63, 3.8) is 0 Å². The highest BCUT2D eigenvalue weighted by Gasteiger charge is 2.35. The maximum absolute atomic E-state index is 14.6. The number of anilines is 1. The van der Waals surface area contributed by atoms with Gasteiger partial charge in [-0.2, -0.15) is 0 Å². The number of likely N-dealkylation sites (N-methyl/N-ethyl adjacent to an activating group) is 1. The van der Waals surface area contributed by atoms with Gasteiger partial charge in [-0.25, -0.2) is 8.42 Å². The molecule has 0 aliphatic heterocycles. The van der Waals surface area contributed by atoms with Crippen LogP contribution in [0.5, 0.6) is 17.2 Å². The Kier molecular flexibility index (Phi) is 12.9. The number of nitrogens with one attached hydrogen (secondary N) is 1. The van der Waals surface area contributed by atoms with E-state index >= 15 is 0 Å². The summed E-state index contributed by atoms with van der Waals surface area (Å²) in [5.74, 6) is 0.199. The zero-order valence-electron chi connectivity index (χ0n) is 27.4. The first-order valence-electron chi connectivity index (χ1n) is 15.4. The molecule has 0 fully saturated rings. The molecule has 1 unspecified atom stereocenters. The van der Waals surface area contributed by atoms with E-state index in [2.05, 4.69) is 21.2 Å². The van der Waals surface area contributed by atoms with Crippen molar-refractivity contribution in [3.05, 3.63) is 113 Å². The van der Waals surface area contributed by atoms with Crippen LogP contribution < -0.4 is 23.8 Å². The summed E-state index contributed by atoms with van der Waals surface area (Å²) < 4.78 is 46.9. The van der Waals surface area contributed by atoms with Crippen LogP contribution in [0.3, 0.4) is 0 Å². The van der Waals surface area contributed by atoms with Crippen LogP contribution in [-0.4, -0.2) is 65.1 Å². The summed E-state index contributed by atoms with van der Waals surface area (Å²) in [6.07, 6.45) is 0.220. The van der Waals surface area contributed by atoms with Gasteiger partial charge < -0.3 is 24.4 Å². The molecule has 0 saturated heterocycles. The average molecular weight is 739 g/mol. The number of nitrogens with zero attached hydrogens (tertiary/aromatic N) is 2. The van der Waals surface area contributed by atoms with Crippen LogP contribution in [0.4, 0.5) is 5.69 Å². The lowest BCUT2D eigenvalue weighted by atomic mass is 10.0. The Morgan fingerprint density at radius 1 is 0.833 bits per heavy atom. The number of carbonyl (C=O) groups excluding carboxylic acids is 2. The van der Waals surface area contributed by atoms with E-state index in [0.717, 1.165) is 19.9 Å². The molecule has 0 heterocycles. The largest absolute Gasteiger partial charge is 0.494 e. The highest BCUT2D eigenvalue weighted by atomic mass is 79.9. The van der Waals surface area contributed by atoms with E-state index < -0.39 is 28.5 Å². The smallest absolute Gasteiger partial charge is 0.264 e. The summed E-state index contributed by atoms with van der Waals surface area (Å²) in [4.78, 5) is 29.6. The second-order valence-corrected chi connectivity index (χ2v) is 13.5. The SMILES string of the molecule is CCNC(=O)C(Cc1ccccc1)N(Cc1cccc(Br)c1)C(=O)CN(c1ccc(OCC)cc1)S(=O)(=O)c1ccc(OC)c(OC)c1. The molecule has 4 rings (SSSR count). The van der Waals surface area contributed by atoms with Crippen LogP contribution >= 0.6 is 15.9 Å². The minimum absolute atomic E-state index is 0.0560. The number of methoxy groups -OCH3 is 2. The van der Waals surface area contributed by atoms with E-state index in [-0.39, 0.29) is 35.2 Å². The molecule has 0 saturated carbocycles. The number of benzene rings is 4. The molecular weight excluding hydrogens is 698 g/mol. The summed E-state index contributed by atoms with van der Waals surface area (Å²) in [6.45, 7) is 3.90. The van der Waals surface area contributed by atoms with Crippen molar-refractivity contribution in [2.24, 2.45) is 0 Å². The van der Waals surface area contributed by atoms with Crippen molar-refractivity contribution in [2.75, 3.05) is 38.2 Å². The van der Waals surface area contributed by atoms with E-state index in [1.165, 1.54) is 37.3 Å². The Bertz CT molecular complexity index is 1790. The molecule has 10 nitrogen and oxygen atoms in total. The summed E-state index contributed by atoms with van der Waals surface area (Å²) in [5.41, 5.74) is 1.85. The molecular formula is C36H40BrN3O7S. The van der Waals surface area contributed by atoms with E-state index in [1.54, 1.807) is 31.2 Å². The van der Waals surface area contributed by atoms with Gasteiger partial charge in [-0.05, 0) is 73.5 Å². The zero-order valence-corrected chi connectivity index (χ0v) is 29.8. The lowest BCUT2D eigenvalue weighted by Gasteiger charge is -2.34. The molecule has 48 heavy (non-hydrogen) atoms. The van der Waals surface area contributed by atoms with E-state index in [4.69, 9.17) is 14.2 Å². The van der Waals surface area contributed by atoms with Crippen molar-refractivity contribution in [2.45, 2.75) is 37.8 Å². The lowest BCUT2D eigenvalue weighted by Crippen LogP contribution is -2.53. The van der Waals surface area contributed by atoms with Gasteiger partial charge in [-0.1, -0.05) is 58.4 Å². The number of halogens is 1. The van der Waals surface area contributed by atoms with E-state index in [0.29, 0.717) is 24.7 Å². The van der Waals surface area contributed by atoms with Gasteiger partial charge in [0.25, 0.3) is 10.0 Å². The monoisotopic (exact) mass is 737 g/mol. The maximum Gasteiger partial charge on any atom is 0.264 e. The average Bonchev–Trinajstić information content (AvgIpc) is 3.09. The molecule has 12 heteroatoms. The second-order valence-electron chi connectivity index (χ2n) is 10.7. The number of ether oxygens (including phenoxy) is 3. The lowest BCUT2D eigenvalue weighted by molar-refractivity contribution is -0.140.